The molecule has 4 nitrogen and oxygen atoms in total. The van der Waals surface area contributed by atoms with Gasteiger partial charge in [0.2, 0.25) is 5.91 Å². The first kappa shape index (κ1) is 9.96. The molecule has 1 amide bonds. The summed E-state index contributed by atoms with van der Waals surface area (Å²) in [6.07, 6.45) is 2.30. The Labute approximate surface area is 90.4 Å². The maximum Gasteiger partial charge on any atom is 0.326 e. The van der Waals surface area contributed by atoms with Crippen LogP contribution in [0.2, 0.25) is 0 Å². The van der Waals surface area contributed by atoms with Gasteiger partial charge in [0.25, 0.3) is 0 Å². The molecule has 14 heavy (non-hydrogen) atoms. The lowest BCUT2D eigenvalue weighted by atomic mass is 10.1. The Bertz CT molecular complexity index is 277. The third-order valence-corrected chi connectivity index (χ3v) is 3.38. The molecule has 0 radical (unpaired) electrons. The summed E-state index contributed by atoms with van der Waals surface area (Å²) in [6.45, 7) is 0.534. The number of halogens is 1. The van der Waals surface area contributed by atoms with Crippen molar-refractivity contribution in [2.24, 2.45) is 5.92 Å². The number of aliphatic carboxylic acids is 1. The van der Waals surface area contributed by atoms with Gasteiger partial charge >= 0.3 is 5.97 Å². The monoisotopic (exact) mass is 261 g/mol. The van der Waals surface area contributed by atoms with Crippen molar-refractivity contribution in [3.63, 3.8) is 0 Å². The summed E-state index contributed by atoms with van der Waals surface area (Å²) in [5.74, 6) is -0.706. The van der Waals surface area contributed by atoms with E-state index < -0.39 is 12.0 Å². The third kappa shape index (κ3) is 1.78. The summed E-state index contributed by atoms with van der Waals surface area (Å²) in [4.78, 5) is 24.1. The fraction of sp³-hybridized carbons (Fsp3) is 0.778. The first-order chi connectivity index (χ1) is 6.59. The topological polar surface area (TPSA) is 57.6 Å². The Morgan fingerprint density at radius 2 is 2.21 bits per heavy atom. The van der Waals surface area contributed by atoms with Gasteiger partial charge in [0.1, 0.15) is 6.04 Å². The van der Waals surface area contributed by atoms with Gasteiger partial charge in [-0.2, -0.15) is 0 Å². The second kappa shape index (κ2) is 3.53. The molecule has 0 aromatic heterocycles. The lowest BCUT2D eigenvalue weighted by Gasteiger charge is -2.23. The van der Waals surface area contributed by atoms with E-state index in [4.69, 9.17) is 5.11 Å². The van der Waals surface area contributed by atoms with Crippen molar-refractivity contribution in [1.29, 1.82) is 0 Å². The maximum absolute atomic E-state index is 11.5. The molecule has 1 saturated heterocycles. The van der Waals surface area contributed by atoms with Gasteiger partial charge < -0.3 is 10.0 Å². The second-order valence-electron chi connectivity index (χ2n) is 3.97. The van der Waals surface area contributed by atoms with Gasteiger partial charge in [0, 0.05) is 17.8 Å². The van der Waals surface area contributed by atoms with Crippen molar-refractivity contribution in [2.75, 3.05) is 6.54 Å². The van der Waals surface area contributed by atoms with Gasteiger partial charge in [-0.3, -0.25) is 4.79 Å². The molecular formula is C9H12BrNO3. The largest absolute Gasteiger partial charge is 0.480 e. The predicted molar refractivity (Wildman–Crippen MR) is 53.2 cm³/mol. The highest BCUT2D eigenvalue weighted by Crippen LogP contribution is 2.37. The second-order valence-corrected chi connectivity index (χ2v) is 5.26. The van der Waals surface area contributed by atoms with E-state index in [-0.39, 0.29) is 16.7 Å². The van der Waals surface area contributed by atoms with E-state index in [1.807, 2.05) is 0 Å². The van der Waals surface area contributed by atoms with E-state index in [0.717, 1.165) is 12.8 Å². The summed E-state index contributed by atoms with van der Waals surface area (Å²) in [5.41, 5.74) is 0. The molecule has 0 spiro atoms. The van der Waals surface area contributed by atoms with Crippen LogP contribution in [-0.4, -0.2) is 39.3 Å². The molecule has 2 unspecified atom stereocenters. The molecule has 1 aliphatic carbocycles. The molecule has 1 N–H and O–H groups in total. The maximum atomic E-state index is 11.5. The van der Waals surface area contributed by atoms with Crippen molar-refractivity contribution < 1.29 is 14.7 Å². The van der Waals surface area contributed by atoms with Crippen LogP contribution >= 0.6 is 15.9 Å². The van der Waals surface area contributed by atoms with Gasteiger partial charge in [-0.15, -0.1) is 0 Å². The minimum Gasteiger partial charge on any atom is -0.480 e. The van der Waals surface area contributed by atoms with E-state index in [9.17, 15) is 9.59 Å². The number of alkyl halides is 1. The Kier molecular flexibility index (Phi) is 2.51. The minimum atomic E-state index is -0.859. The summed E-state index contributed by atoms with van der Waals surface area (Å²) in [7, 11) is 0. The van der Waals surface area contributed by atoms with Crippen molar-refractivity contribution in [1.82, 2.24) is 4.90 Å². The minimum absolute atomic E-state index is 0.0359. The Balaban J connectivity index is 2.10. The van der Waals surface area contributed by atoms with Gasteiger partial charge in [-0.05, 0) is 18.8 Å². The average Bonchev–Trinajstić information content (AvgIpc) is 2.81. The van der Waals surface area contributed by atoms with Crippen LogP contribution in [-0.2, 0) is 9.59 Å². The van der Waals surface area contributed by atoms with E-state index >= 15 is 0 Å². The average molecular weight is 262 g/mol. The molecule has 1 heterocycles. The molecule has 5 heteroatoms. The number of carbonyl (C=O) groups is 2. The Hall–Kier alpha value is -0.580. The van der Waals surface area contributed by atoms with Crippen LogP contribution in [0.25, 0.3) is 0 Å². The van der Waals surface area contributed by atoms with Crippen molar-refractivity contribution in [3.8, 4) is 0 Å². The number of carboxylic acids is 1. The zero-order valence-corrected chi connectivity index (χ0v) is 9.24. The highest BCUT2D eigenvalue weighted by molar-refractivity contribution is 9.09. The van der Waals surface area contributed by atoms with Crippen molar-refractivity contribution in [3.05, 3.63) is 0 Å². The lowest BCUT2D eigenvalue weighted by molar-refractivity contribution is -0.149. The van der Waals surface area contributed by atoms with Crippen molar-refractivity contribution >= 4 is 27.8 Å². The summed E-state index contributed by atoms with van der Waals surface area (Å²) < 4.78 is 0. The molecule has 2 aliphatic rings. The standard InChI is InChI=1S/C9H12BrNO3/c10-6-3-7(12)11(4-6)8(9(13)14)5-1-2-5/h5-6,8H,1-4H2,(H,13,14). The number of rotatable bonds is 3. The van der Waals surface area contributed by atoms with Gasteiger partial charge in [0.05, 0.1) is 0 Å². The van der Waals surface area contributed by atoms with Gasteiger partial charge in [0.15, 0.2) is 0 Å². The van der Waals surface area contributed by atoms with Crippen LogP contribution < -0.4 is 0 Å². The molecule has 2 rings (SSSR count). The smallest absolute Gasteiger partial charge is 0.326 e. The highest BCUT2D eigenvalue weighted by Gasteiger charge is 2.45. The predicted octanol–water partition coefficient (Wildman–Crippen LogP) is 0.845. The van der Waals surface area contributed by atoms with Crippen LogP contribution in [0.1, 0.15) is 19.3 Å². The summed E-state index contributed by atoms with van der Waals surface area (Å²) in [6, 6.07) is -0.579. The third-order valence-electron chi connectivity index (χ3n) is 2.77. The molecule has 2 fully saturated rings. The van der Waals surface area contributed by atoms with Crippen LogP contribution in [0, 0.1) is 5.92 Å². The summed E-state index contributed by atoms with van der Waals surface area (Å²) >= 11 is 3.35. The molecule has 2 atom stereocenters. The Morgan fingerprint density at radius 3 is 2.57 bits per heavy atom. The number of nitrogens with zero attached hydrogens (tertiary/aromatic N) is 1. The molecule has 78 valence electrons. The number of amides is 1. The fourth-order valence-electron chi connectivity index (χ4n) is 1.96. The SMILES string of the molecule is O=C(O)C(C1CC1)N1CC(Br)CC1=O. The number of hydrogen-bond donors (Lipinski definition) is 1. The zero-order valence-electron chi connectivity index (χ0n) is 7.65. The quantitative estimate of drug-likeness (QED) is 0.767. The van der Waals surface area contributed by atoms with E-state index in [2.05, 4.69) is 15.9 Å². The van der Waals surface area contributed by atoms with E-state index in [0.29, 0.717) is 13.0 Å². The molecule has 0 bridgehead atoms. The highest BCUT2D eigenvalue weighted by atomic mass is 79.9. The number of likely N-dealkylation sites (tertiary alicyclic amines) is 1. The molecular weight excluding hydrogens is 250 g/mol. The molecule has 1 saturated carbocycles. The van der Waals surface area contributed by atoms with Crippen LogP contribution in [0.5, 0.6) is 0 Å². The number of hydrogen-bond acceptors (Lipinski definition) is 2. The van der Waals surface area contributed by atoms with E-state index in [1.54, 1.807) is 0 Å². The van der Waals surface area contributed by atoms with Crippen LogP contribution in [0.3, 0.4) is 0 Å². The lowest BCUT2D eigenvalue weighted by Crippen LogP contribution is -2.43. The van der Waals surface area contributed by atoms with Gasteiger partial charge in [-0.25, -0.2) is 4.79 Å². The number of carboxylic acid groups (broad SMARTS) is 1. The normalized spacial score (nSPS) is 29.4. The first-order valence-electron chi connectivity index (χ1n) is 4.76. The van der Waals surface area contributed by atoms with Crippen LogP contribution in [0.4, 0.5) is 0 Å². The summed E-state index contributed by atoms with van der Waals surface area (Å²) in [5, 5.41) is 9.04. The fourth-order valence-corrected chi connectivity index (χ4v) is 2.55. The van der Waals surface area contributed by atoms with Crippen molar-refractivity contribution in [2.45, 2.75) is 30.1 Å². The first-order valence-corrected chi connectivity index (χ1v) is 5.67. The molecule has 0 aromatic rings. The number of carbonyl (C=O) groups excluding carboxylic acids is 1. The van der Waals surface area contributed by atoms with Gasteiger partial charge in [-0.1, -0.05) is 15.9 Å². The zero-order chi connectivity index (χ0) is 10.3. The molecule has 0 aromatic carbocycles. The van der Waals surface area contributed by atoms with Crippen LogP contribution in [0.15, 0.2) is 0 Å². The Morgan fingerprint density at radius 1 is 1.57 bits per heavy atom. The van der Waals surface area contributed by atoms with E-state index in [1.165, 1.54) is 4.90 Å². The molecule has 1 aliphatic heterocycles.